The third-order valence-corrected chi connectivity index (χ3v) is 5.25. The third-order valence-electron chi connectivity index (χ3n) is 3.86. The first kappa shape index (κ1) is 11.2. The van der Waals surface area contributed by atoms with Gasteiger partial charge >= 0.3 is 0 Å². The SMILES string of the molecule is ICC1(OCC2CCCC2)CCCC1. The molecule has 0 saturated heterocycles. The highest BCUT2D eigenvalue weighted by Gasteiger charge is 2.34. The summed E-state index contributed by atoms with van der Waals surface area (Å²) in [5.41, 5.74) is 0.281. The lowest BCUT2D eigenvalue weighted by atomic mass is 10.0. The summed E-state index contributed by atoms with van der Waals surface area (Å²) in [6.45, 7) is 1.04. The van der Waals surface area contributed by atoms with Crippen molar-refractivity contribution in [3.05, 3.63) is 0 Å². The van der Waals surface area contributed by atoms with Crippen LogP contribution in [0.15, 0.2) is 0 Å². The lowest BCUT2D eigenvalue weighted by molar-refractivity contribution is -0.0367. The van der Waals surface area contributed by atoms with E-state index in [-0.39, 0.29) is 5.60 Å². The van der Waals surface area contributed by atoms with Crippen molar-refractivity contribution in [3.63, 3.8) is 0 Å². The molecule has 0 bridgehead atoms. The van der Waals surface area contributed by atoms with E-state index < -0.39 is 0 Å². The van der Waals surface area contributed by atoms with Crippen LogP contribution in [0.2, 0.25) is 0 Å². The second-order valence-corrected chi connectivity index (χ2v) is 5.75. The zero-order valence-corrected chi connectivity index (χ0v) is 11.1. The van der Waals surface area contributed by atoms with E-state index in [1.165, 1.54) is 55.8 Å². The van der Waals surface area contributed by atoms with E-state index in [0.717, 1.165) is 12.5 Å². The fourth-order valence-corrected chi connectivity index (χ4v) is 3.79. The summed E-state index contributed by atoms with van der Waals surface area (Å²) in [4.78, 5) is 0. The predicted octanol–water partition coefficient (Wildman–Crippen LogP) is 3.94. The van der Waals surface area contributed by atoms with Gasteiger partial charge in [-0.2, -0.15) is 0 Å². The van der Waals surface area contributed by atoms with Crippen LogP contribution in [0.25, 0.3) is 0 Å². The van der Waals surface area contributed by atoms with Crippen LogP contribution < -0.4 is 0 Å². The summed E-state index contributed by atoms with van der Waals surface area (Å²) < 4.78 is 7.41. The predicted molar refractivity (Wildman–Crippen MR) is 68.0 cm³/mol. The highest BCUT2D eigenvalue weighted by atomic mass is 127. The van der Waals surface area contributed by atoms with Crippen LogP contribution in [0.4, 0.5) is 0 Å². The van der Waals surface area contributed by atoms with Gasteiger partial charge in [-0.3, -0.25) is 0 Å². The average Bonchev–Trinajstić information content (AvgIpc) is 2.87. The Hall–Kier alpha value is 0.690. The van der Waals surface area contributed by atoms with Crippen LogP contribution in [0.1, 0.15) is 51.4 Å². The van der Waals surface area contributed by atoms with Crippen molar-refractivity contribution >= 4 is 22.6 Å². The summed E-state index contributed by atoms with van der Waals surface area (Å²) in [7, 11) is 0. The molecule has 0 aromatic carbocycles. The van der Waals surface area contributed by atoms with Crippen LogP contribution >= 0.6 is 22.6 Å². The Bertz CT molecular complexity index is 169. The van der Waals surface area contributed by atoms with Crippen molar-refractivity contribution in [2.75, 3.05) is 11.0 Å². The minimum Gasteiger partial charge on any atom is -0.374 e. The molecule has 2 fully saturated rings. The maximum Gasteiger partial charge on any atom is 0.0771 e. The molecule has 82 valence electrons. The van der Waals surface area contributed by atoms with Crippen LogP contribution in [-0.4, -0.2) is 16.6 Å². The Morgan fingerprint density at radius 1 is 1.07 bits per heavy atom. The fourth-order valence-electron chi connectivity index (χ4n) is 2.81. The zero-order valence-electron chi connectivity index (χ0n) is 8.93. The Morgan fingerprint density at radius 3 is 2.29 bits per heavy atom. The second kappa shape index (κ2) is 5.15. The molecule has 2 saturated carbocycles. The van der Waals surface area contributed by atoms with Crippen LogP contribution in [0.3, 0.4) is 0 Å². The smallest absolute Gasteiger partial charge is 0.0771 e. The molecular weight excluding hydrogens is 287 g/mol. The molecule has 0 aliphatic heterocycles. The summed E-state index contributed by atoms with van der Waals surface area (Å²) in [5, 5.41) is 0. The largest absolute Gasteiger partial charge is 0.374 e. The number of rotatable bonds is 4. The fraction of sp³-hybridized carbons (Fsp3) is 1.00. The van der Waals surface area contributed by atoms with E-state index in [9.17, 15) is 0 Å². The molecule has 0 amide bonds. The van der Waals surface area contributed by atoms with Crippen LogP contribution in [0, 0.1) is 5.92 Å². The van der Waals surface area contributed by atoms with E-state index >= 15 is 0 Å². The minimum absolute atomic E-state index is 0.281. The molecule has 1 nitrogen and oxygen atoms in total. The van der Waals surface area contributed by atoms with Gasteiger partial charge in [0.05, 0.1) is 12.2 Å². The normalized spacial score (nSPS) is 27.2. The van der Waals surface area contributed by atoms with Gasteiger partial charge in [0.2, 0.25) is 0 Å². The van der Waals surface area contributed by atoms with Gasteiger partial charge in [-0.15, -0.1) is 0 Å². The molecular formula is C12H21IO. The summed E-state index contributed by atoms with van der Waals surface area (Å²) in [6.07, 6.45) is 11.1. The van der Waals surface area contributed by atoms with Crippen molar-refractivity contribution in [2.45, 2.75) is 57.0 Å². The van der Waals surface area contributed by atoms with E-state index in [1.807, 2.05) is 0 Å². The van der Waals surface area contributed by atoms with Gasteiger partial charge in [-0.1, -0.05) is 48.3 Å². The van der Waals surface area contributed by atoms with Crippen molar-refractivity contribution in [2.24, 2.45) is 5.92 Å². The quantitative estimate of drug-likeness (QED) is 0.564. The first-order valence-corrected chi connectivity index (χ1v) is 7.57. The highest BCUT2D eigenvalue weighted by molar-refractivity contribution is 14.1. The van der Waals surface area contributed by atoms with Crippen LogP contribution in [0.5, 0.6) is 0 Å². The number of ether oxygens (including phenoxy) is 1. The number of alkyl halides is 1. The Morgan fingerprint density at radius 2 is 1.71 bits per heavy atom. The van der Waals surface area contributed by atoms with E-state index in [4.69, 9.17) is 4.74 Å². The maximum atomic E-state index is 6.22. The van der Waals surface area contributed by atoms with E-state index in [0.29, 0.717) is 0 Å². The van der Waals surface area contributed by atoms with E-state index in [2.05, 4.69) is 22.6 Å². The highest BCUT2D eigenvalue weighted by Crippen LogP contribution is 2.36. The standard InChI is InChI=1S/C12H21IO/c13-10-12(7-3-4-8-12)14-9-11-5-1-2-6-11/h11H,1-10H2. The molecule has 0 radical (unpaired) electrons. The Kier molecular flexibility index (Phi) is 4.11. The molecule has 2 aliphatic rings. The average molecular weight is 308 g/mol. The van der Waals surface area contributed by atoms with Gasteiger partial charge in [0.25, 0.3) is 0 Å². The summed E-state index contributed by atoms with van der Waals surface area (Å²) >= 11 is 2.50. The zero-order chi connectivity index (χ0) is 9.86. The number of hydrogen-bond acceptors (Lipinski definition) is 1. The molecule has 0 unspecified atom stereocenters. The molecule has 0 aromatic heterocycles. The van der Waals surface area contributed by atoms with Gasteiger partial charge in [-0.05, 0) is 31.6 Å². The molecule has 0 heterocycles. The molecule has 2 heteroatoms. The Labute approximate surface area is 101 Å². The monoisotopic (exact) mass is 308 g/mol. The van der Waals surface area contributed by atoms with Gasteiger partial charge in [0.1, 0.15) is 0 Å². The number of hydrogen-bond donors (Lipinski definition) is 0. The van der Waals surface area contributed by atoms with E-state index in [1.54, 1.807) is 0 Å². The van der Waals surface area contributed by atoms with Gasteiger partial charge in [-0.25, -0.2) is 0 Å². The summed E-state index contributed by atoms with van der Waals surface area (Å²) in [5.74, 6) is 0.885. The van der Waals surface area contributed by atoms with Gasteiger partial charge < -0.3 is 4.74 Å². The lowest BCUT2D eigenvalue weighted by Crippen LogP contribution is -2.32. The van der Waals surface area contributed by atoms with Crippen LogP contribution in [-0.2, 0) is 4.74 Å². The molecule has 14 heavy (non-hydrogen) atoms. The number of halogens is 1. The van der Waals surface area contributed by atoms with Crippen molar-refractivity contribution < 1.29 is 4.74 Å². The Balaban J connectivity index is 1.76. The third kappa shape index (κ3) is 2.63. The van der Waals surface area contributed by atoms with Crippen molar-refractivity contribution in [1.29, 1.82) is 0 Å². The van der Waals surface area contributed by atoms with Gasteiger partial charge in [0, 0.05) is 4.43 Å². The molecule has 2 rings (SSSR count). The molecule has 0 atom stereocenters. The molecule has 0 N–H and O–H groups in total. The summed E-state index contributed by atoms with van der Waals surface area (Å²) in [6, 6.07) is 0. The van der Waals surface area contributed by atoms with Gasteiger partial charge in [0.15, 0.2) is 0 Å². The molecule has 0 aromatic rings. The first-order valence-electron chi connectivity index (χ1n) is 6.05. The van der Waals surface area contributed by atoms with Crippen molar-refractivity contribution in [3.8, 4) is 0 Å². The second-order valence-electron chi connectivity index (χ2n) is 4.99. The molecule has 0 spiro atoms. The first-order chi connectivity index (χ1) is 6.85. The maximum absolute atomic E-state index is 6.22. The minimum atomic E-state index is 0.281. The topological polar surface area (TPSA) is 9.23 Å². The van der Waals surface area contributed by atoms with Crippen molar-refractivity contribution in [1.82, 2.24) is 0 Å². The lowest BCUT2D eigenvalue weighted by Gasteiger charge is -2.28. The molecule has 2 aliphatic carbocycles.